The monoisotopic (exact) mass is 647 g/mol. The van der Waals surface area contributed by atoms with Crippen LogP contribution >= 0.6 is 15.9 Å². The van der Waals surface area contributed by atoms with E-state index in [1.54, 1.807) is 73.7 Å². The first kappa shape index (κ1) is 28.1. The molecule has 0 radical (unpaired) electrons. The lowest BCUT2D eigenvalue weighted by Gasteiger charge is -2.42. The molecule has 0 aromatic heterocycles. The molecule has 3 aromatic carbocycles. The molecule has 1 aliphatic heterocycles. The van der Waals surface area contributed by atoms with E-state index in [1.807, 2.05) is 12.1 Å². The van der Waals surface area contributed by atoms with Gasteiger partial charge < -0.3 is 5.11 Å². The van der Waals surface area contributed by atoms with E-state index in [-0.39, 0.29) is 52.2 Å². The molecule has 0 spiro atoms. The zero-order chi connectivity index (χ0) is 30.9. The zero-order valence-corrected chi connectivity index (χ0v) is 25.2. The number of rotatable bonds is 4. The van der Waals surface area contributed by atoms with Crippen LogP contribution in [0.2, 0.25) is 0 Å². The fourth-order valence-electron chi connectivity index (χ4n) is 7.25. The molecule has 7 nitrogen and oxygen atoms in total. The zero-order valence-electron chi connectivity index (χ0n) is 23.6. The van der Waals surface area contributed by atoms with Gasteiger partial charge in [0, 0.05) is 39.8 Å². The number of phenolic OH excluding ortho intramolecular Hbond substituents is 1. The Kier molecular flexibility index (Phi) is 6.70. The van der Waals surface area contributed by atoms with Crippen LogP contribution in [0.4, 0.5) is 5.69 Å². The summed E-state index contributed by atoms with van der Waals surface area (Å²) in [5, 5.41) is 11.1. The molecule has 1 fully saturated rings. The fraction of sp³-hybridized carbons (Fsp3) is 0.194. The maximum Gasteiger partial charge on any atom is 0.238 e. The number of amides is 2. The van der Waals surface area contributed by atoms with E-state index in [4.69, 9.17) is 0 Å². The number of carbonyl (C=O) groups excluding carboxylic acids is 5. The molecule has 4 atom stereocenters. The lowest BCUT2D eigenvalue weighted by Crippen LogP contribution is -2.39. The first-order valence-corrected chi connectivity index (χ1v) is 15.2. The Morgan fingerprint density at radius 2 is 1.57 bits per heavy atom. The van der Waals surface area contributed by atoms with Crippen molar-refractivity contribution in [1.29, 1.82) is 0 Å². The average Bonchev–Trinajstić information content (AvgIpc) is 3.29. The van der Waals surface area contributed by atoms with E-state index in [2.05, 4.69) is 15.9 Å². The predicted octanol–water partition coefficient (Wildman–Crippen LogP) is 5.90. The van der Waals surface area contributed by atoms with Gasteiger partial charge in [0.15, 0.2) is 17.3 Å². The van der Waals surface area contributed by atoms with Gasteiger partial charge in [-0.3, -0.25) is 28.9 Å². The number of hydrogen-bond acceptors (Lipinski definition) is 6. The van der Waals surface area contributed by atoms with Crippen molar-refractivity contribution < 1.29 is 29.1 Å². The second-order valence-corrected chi connectivity index (χ2v) is 12.5. The van der Waals surface area contributed by atoms with Crippen LogP contribution in [0.5, 0.6) is 5.75 Å². The van der Waals surface area contributed by atoms with Gasteiger partial charge in [-0.05, 0) is 71.4 Å². The smallest absolute Gasteiger partial charge is 0.238 e. The fourth-order valence-corrected chi connectivity index (χ4v) is 7.70. The number of ketones is 3. The van der Waals surface area contributed by atoms with Crippen molar-refractivity contribution in [2.45, 2.75) is 25.7 Å². The van der Waals surface area contributed by atoms with Crippen molar-refractivity contribution in [3.8, 4) is 5.75 Å². The molecule has 8 heteroatoms. The molecule has 0 saturated carbocycles. The second-order valence-electron chi connectivity index (χ2n) is 11.7. The molecule has 4 unspecified atom stereocenters. The van der Waals surface area contributed by atoms with Crippen LogP contribution in [0.1, 0.15) is 45.8 Å². The normalized spacial score (nSPS) is 24.5. The molecular formula is C36H26BrNO6. The highest BCUT2D eigenvalue weighted by Gasteiger charge is 2.57. The number of aryl methyl sites for hydroxylation is 1. The number of imide groups is 1. The molecule has 1 N–H and O–H groups in total. The molecule has 4 aliphatic rings. The first-order chi connectivity index (χ1) is 21.2. The van der Waals surface area contributed by atoms with E-state index in [0.29, 0.717) is 39.1 Å². The van der Waals surface area contributed by atoms with Gasteiger partial charge >= 0.3 is 0 Å². The molecule has 2 amide bonds. The predicted molar refractivity (Wildman–Crippen MR) is 166 cm³/mol. The van der Waals surface area contributed by atoms with Crippen LogP contribution in [0.3, 0.4) is 0 Å². The number of fused-ring (bicyclic) bond motifs is 3. The van der Waals surface area contributed by atoms with Crippen molar-refractivity contribution in [3.63, 3.8) is 0 Å². The van der Waals surface area contributed by atoms with Gasteiger partial charge in [0.2, 0.25) is 11.8 Å². The van der Waals surface area contributed by atoms with E-state index in [0.717, 1.165) is 5.57 Å². The van der Waals surface area contributed by atoms with Gasteiger partial charge in [-0.1, -0.05) is 60.2 Å². The highest BCUT2D eigenvalue weighted by Crippen LogP contribution is 2.56. The Morgan fingerprint density at radius 1 is 0.864 bits per heavy atom. The van der Waals surface area contributed by atoms with Gasteiger partial charge in [-0.2, -0.15) is 0 Å². The van der Waals surface area contributed by atoms with Crippen molar-refractivity contribution in [2.24, 2.45) is 17.8 Å². The van der Waals surface area contributed by atoms with Gasteiger partial charge in [-0.15, -0.1) is 0 Å². The third-order valence-electron chi connectivity index (χ3n) is 9.33. The SMILES string of the molecule is Cc1cccc(C2C3=CCC4C(=O)N(c5ccc(C(=O)c6ccccc6)cc5)C(=O)C4C3CC3=C2C(=O)C=C(Br)C3=O)c1O. The summed E-state index contributed by atoms with van der Waals surface area (Å²) < 4.78 is 0.147. The lowest BCUT2D eigenvalue weighted by molar-refractivity contribution is -0.123. The molecule has 1 heterocycles. The largest absolute Gasteiger partial charge is 0.507 e. The molecular weight excluding hydrogens is 622 g/mol. The number of para-hydroxylation sites is 1. The van der Waals surface area contributed by atoms with Gasteiger partial charge in [0.05, 0.1) is 22.0 Å². The number of nitrogens with zero attached hydrogens (tertiary/aromatic N) is 1. The van der Waals surface area contributed by atoms with E-state index < -0.39 is 23.7 Å². The van der Waals surface area contributed by atoms with Crippen LogP contribution in [0.15, 0.2) is 106 Å². The van der Waals surface area contributed by atoms with Gasteiger partial charge in [0.25, 0.3) is 0 Å². The van der Waals surface area contributed by atoms with Crippen LogP contribution in [-0.4, -0.2) is 34.3 Å². The first-order valence-electron chi connectivity index (χ1n) is 14.4. The molecule has 1 saturated heterocycles. The van der Waals surface area contributed by atoms with Crippen LogP contribution in [-0.2, 0) is 19.2 Å². The molecule has 3 aromatic rings. The Morgan fingerprint density at radius 3 is 2.30 bits per heavy atom. The van der Waals surface area contributed by atoms with Crippen LogP contribution in [0, 0.1) is 24.7 Å². The lowest BCUT2D eigenvalue weighted by atomic mass is 9.59. The molecule has 7 rings (SSSR count). The molecule has 44 heavy (non-hydrogen) atoms. The molecule has 3 aliphatic carbocycles. The summed E-state index contributed by atoms with van der Waals surface area (Å²) in [5.41, 5.74) is 3.85. The third kappa shape index (κ3) is 4.19. The van der Waals surface area contributed by atoms with Crippen LogP contribution < -0.4 is 4.90 Å². The number of Topliss-reactive ketones (excluding diaryl/α,β-unsaturated/α-hetero) is 1. The second kappa shape index (κ2) is 10.5. The maximum atomic E-state index is 14.2. The number of benzene rings is 3. The molecule has 218 valence electrons. The van der Waals surface area contributed by atoms with Crippen molar-refractivity contribution in [2.75, 3.05) is 4.90 Å². The Hall–Kier alpha value is -4.69. The summed E-state index contributed by atoms with van der Waals surface area (Å²) in [5.74, 6) is -4.12. The maximum absolute atomic E-state index is 14.2. The standard InChI is InChI=1S/C36H26BrNO6/c1-18-6-5-9-23(32(18)40)29-22-14-15-24-30(25(22)16-26-31(29)28(39)17-27(37)34(26)42)36(44)38(35(24)43)21-12-10-20(11-13-21)33(41)19-7-3-2-4-8-19/h2-14,17,24-25,29-30,40H,15-16H2,1H3. The minimum absolute atomic E-state index is 0.0301. The average molecular weight is 649 g/mol. The van der Waals surface area contributed by atoms with E-state index >= 15 is 0 Å². The Labute approximate surface area is 261 Å². The van der Waals surface area contributed by atoms with E-state index in [9.17, 15) is 29.1 Å². The van der Waals surface area contributed by atoms with Crippen LogP contribution in [0.25, 0.3) is 0 Å². The highest BCUT2D eigenvalue weighted by molar-refractivity contribution is 9.12. The van der Waals surface area contributed by atoms with Gasteiger partial charge in [0.1, 0.15) is 5.75 Å². The number of allylic oxidation sites excluding steroid dienone is 6. The van der Waals surface area contributed by atoms with Crippen molar-refractivity contribution in [3.05, 3.63) is 128 Å². The number of phenols is 1. The summed E-state index contributed by atoms with van der Waals surface area (Å²) in [4.78, 5) is 68.9. The number of anilines is 1. The summed E-state index contributed by atoms with van der Waals surface area (Å²) in [6.45, 7) is 1.76. The summed E-state index contributed by atoms with van der Waals surface area (Å²) >= 11 is 3.23. The number of halogens is 1. The highest BCUT2D eigenvalue weighted by atomic mass is 79.9. The van der Waals surface area contributed by atoms with E-state index in [1.165, 1.54) is 11.0 Å². The summed E-state index contributed by atoms with van der Waals surface area (Å²) in [6.07, 6.45) is 3.61. The van der Waals surface area contributed by atoms with Crippen molar-refractivity contribution >= 4 is 50.8 Å². The Bertz CT molecular complexity index is 1900. The minimum atomic E-state index is -0.746. The van der Waals surface area contributed by atoms with Gasteiger partial charge in [-0.25, -0.2) is 0 Å². The summed E-state index contributed by atoms with van der Waals surface area (Å²) in [6, 6.07) is 20.6. The Balaban J connectivity index is 1.27. The molecule has 0 bridgehead atoms. The third-order valence-corrected chi connectivity index (χ3v) is 9.92. The number of aromatic hydroxyl groups is 1. The van der Waals surface area contributed by atoms with Crippen molar-refractivity contribution in [1.82, 2.24) is 0 Å². The number of hydrogen-bond donors (Lipinski definition) is 1. The topological polar surface area (TPSA) is 109 Å². The quantitative estimate of drug-likeness (QED) is 0.164. The minimum Gasteiger partial charge on any atom is -0.507 e. The summed E-state index contributed by atoms with van der Waals surface area (Å²) in [7, 11) is 0. The number of carbonyl (C=O) groups is 5.